The molecule has 0 aromatic carbocycles. The lowest BCUT2D eigenvalue weighted by atomic mass is 9.70. The summed E-state index contributed by atoms with van der Waals surface area (Å²) in [5.74, 6) is 0.402. The van der Waals surface area contributed by atoms with Crippen LogP contribution in [0.1, 0.15) is 26.2 Å². The van der Waals surface area contributed by atoms with Gasteiger partial charge < -0.3 is 16.2 Å². The van der Waals surface area contributed by atoms with Gasteiger partial charge in [0, 0.05) is 11.6 Å². The average Bonchev–Trinajstić information content (AvgIpc) is 2.82. The lowest BCUT2D eigenvalue weighted by Crippen LogP contribution is -2.59. The van der Waals surface area contributed by atoms with Crippen molar-refractivity contribution < 1.29 is 4.74 Å². The molecule has 0 bridgehead atoms. The van der Waals surface area contributed by atoms with Crippen molar-refractivity contribution in [3.05, 3.63) is 0 Å². The lowest BCUT2D eigenvalue weighted by molar-refractivity contribution is 0.137. The maximum Gasteiger partial charge on any atom is 0.0991 e. The summed E-state index contributed by atoms with van der Waals surface area (Å²) in [6.07, 6.45) is 3.64. The van der Waals surface area contributed by atoms with Crippen molar-refractivity contribution in [3.8, 4) is 0 Å². The van der Waals surface area contributed by atoms with E-state index in [0.29, 0.717) is 12.0 Å². The number of hydrogen-bond acceptors (Lipinski definition) is 3. The van der Waals surface area contributed by atoms with Crippen LogP contribution in [0.25, 0.3) is 0 Å². The highest BCUT2D eigenvalue weighted by atomic mass is 16.6. The average molecular weight is 170 g/mol. The molecule has 2 rings (SSSR count). The van der Waals surface area contributed by atoms with Crippen LogP contribution in [0.15, 0.2) is 0 Å². The summed E-state index contributed by atoms with van der Waals surface area (Å²) in [6, 6.07) is 0.271. The van der Waals surface area contributed by atoms with Crippen molar-refractivity contribution in [2.45, 2.75) is 43.9 Å². The van der Waals surface area contributed by atoms with Crippen molar-refractivity contribution in [3.63, 3.8) is 0 Å². The second kappa shape index (κ2) is 2.69. The smallest absolute Gasteiger partial charge is 0.0991 e. The van der Waals surface area contributed by atoms with E-state index in [1.165, 1.54) is 0 Å². The van der Waals surface area contributed by atoms with Crippen LogP contribution >= 0.6 is 0 Å². The van der Waals surface area contributed by atoms with Crippen LogP contribution < -0.4 is 11.5 Å². The quantitative estimate of drug-likeness (QED) is 0.554. The molecule has 1 saturated carbocycles. The van der Waals surface area contributed by atoms with Crippen LogP contribution in [0.2, 0.25) is 0 Å². The fourth-order valence-corrected chi connectivity index (χ4v) is 2.33. The molecule has 4 unspecified atom stereocenters. The Morgan fingerprint density at radius 2 is 2.17 bits per heavy atom. The zero-order valence-electron chi connectivity index (χ0n) is 7.62. The van der Waals surface area contributed by atoms with Gasteiger partial charge in [-0.2, -0.15) is 0 Å². The van der Waals surface area contributed by atoms with E-state index in [1.54, 1.807) is 0 Å². The van der Waals surface area contributed by atoms with Crippen molar-refractivity contribution >= 4 is 0 Å². The number of rotatable bonds is 1. The van der Waals surface area contributed by atoms with Gasteiger partial charge in [0.1, 0.15) is 0 Å². The summed E-state index contributed by atoms with van der Waals surface area (Å²) in [7, 11) is 0. The molecule has 3 heteroatoms. The molecule has 3 nitrogen and oxygen atoms in total. The maximum absolute atomic E-state index is 6.29. The number of nitrogens with two attached hydrogens (primary N) is 2. The van der Waals surface area contributed by atoms with E-state index in [1.807, 2.05) is 0 Å². The third kappa shape index (κ3) is 1.16. The van der Waals surface area contributed by atoms with Gasteiger partial charge in [-0.1, -0.05) is 6.92 Å². The molecule has 1 saturated heterocycles. The summed E-state index contributed by atoms with van der Waals surface area (Å²) in [4.78, 5) is 0. The molecular formula is C9H18N2O. The van der Waals surface area contributed by atoms with Crippen molar-refractivity contribution in [2.75, 3.05) is 6.61 Å². The van der Waals surface area contributed by atoms with Crippen LogP contribution in [0.3, 0.4) is 0 Å². The van der Waals surface area contributed by atoms with Gasteiger partial charge in [-0.25, -0.2) is 0 Å². The first-order chi connectivity index (χ1) is 5.64. The monoisotopic (exact) mass is 170 g/mol. The first-order valence-electron chi connectivity index (χ1n) is 4.80. The van der Waals surface area contributed by atoms with E-state index >= 15 is 0 Å². The normalized spacial score (nSPS) is 53.8. The van der Waals surface area contributed by atoms with Gasteiger partial charge in [0.05, 0.1) is 12.7 Å². The Labute approximate surface area is 73.4 Å². The molecule has 0 aromatic rings. The predicted molar refractivity (Wildman–Crippen MR) is 47.6 cm³/mol. The highest BCUT2D eigenvalue weighted by molar-refractivity contribution is 5.06. The highest BCUT2D eigenvalue weighted by Gasteiger charge is 2.50. The van der Waals surface area contributed by atoms with Gasteiger partial charge in [0.15, 0.2) is 0 Å². The van der Waals surface area contributed by atoms with Crippen LogP contribution in [-0.4, -0.2) is 24.3 Å². The number of hydrogen-bond donors (Lipinski definition) is 2. The molecule has 0 spiro atoms. The fourth-order valence-electron chi connectivity index (χ4n) is 2.33. The minimum atomic E-state index is -0.127. The molecule has 4 N–H and O–H groups in total. The van der Waals surface area contributed by atoms with Gasteiger partial charge in [-0.05, 0) is 25.2 Å². The Bertz CT molecular complexity index is 181. The predicted octanol–water partition coefficient (Wildman–Crippen LogP) is 0.230. The Balaban J connectivity index is 2.11. The molecule has 1 aliphatic heterocycles. The summed E-state index contributed by atoms with van der Waals surface area (Å²) in [5.41, 5.74) is 12.1. The van der Waals surface area contributed by atoms with E-state index in [2.05, 4.69) is 6.92 Å². The minimum absolute atomic E-state index is 0.127. The molecule has 0 amide bonds. The SMILES string of the molecule is CC1C(N)CCCC1(N)C1CO1. The summed E-state index contributed by atoms with van der Waals surface area (Å²) in [5, 5.41) is 0. The van der Waals surface area contributed by atoms with Crippen molar-refractivity contribution in [2.24, 2.45) is 17.4 Å². The lowest BCUT2D eigenvalue weighted by Gasteiger charge is -2.42. The third-order valence-corrected chi connectivity index (χ3v) is 3.57. The van der Waals surface area contributed by atoms with Crippen LogP contribution in [0.5, 0.6) is 0 Å². The van der Waals surface area contributed by atoms with Gasteiger partial charge in [-0.15, -0.1) is 0 Å². The molecule has 12 heavy (non-hydrogen) atoms. The second-order valence-electron chi connectivity index (χ2n) is 4.28. The summed E-state index contributed by atoms with van der Waals surface area (Å²) in [6.45, 7) is 3.00. The minimum Gasteiger partial charge on any atom is -0.371 e. The van der Waals surface area contributed by atoms with E-state index in [-0.39, 0.29) is 11.6 Å². The molecule has 2 fully saturated rings. The molecule has 1 aliphatic carbocycles. The molecule has 4 atom stereocenters. The third-order valence-electron chi connectivity index (χ3n) is 3.57. The Morgan fingerprint density at radius 1 is 1.50 bits per heavy atom. The standard InChI is InChI=1S/C9H18N2O/c1-6-7(10)3-2-4-9(6,11)8-5-12-8/h6-8H,2-5,10-11H2,1H3. The maximum atomic E-state index is 6.29. The first-order valence-corrected chi connectivity index (χ1v) is 4.80. The molecule has 0 radical (unpaired) electrons. The van der Waals surface area contributed by atoms with Gasteiger partial charge in [0.25, 0.3) is 0 Å². The fraction of sp³-hybridized carbons (Fsp3) is 1.00. The zero-order chi connectivity index (χ0) is 8.77. The molecular weight excluding hydrogens is 152 g/mol. The Kier molecular flexibility index (Phi) is 1.90. The Morgan fingerprint density at radius 3 is 2.75 bits per heavy atom. The van der Waals surface area contributed by atoms with Crippen molar-refractivity contribution in [1.82, 2.24) is 0 Å². The highest BCUT2D eigenvalue weighted by Crippen LogP contribution is 2.38. The largest absolute Gasteiger partial charge is 0.371 e. The van der Waals surface area contributed by atoms with Gasteiger partial charge in [-0.3, -0.25) is 0 Å². The topological polar surface area (TPSA) is 64.6 Å². The first kappa shape index (κ1) is 8.48. The Hall–Kier alpha value is -0.120. The van der Waals surface area contributed by atoms with E-state index in [4.69, 9.17) is 16.2 Å². The number of epoxide rings is 1. The van der Waals surface area contributed by atoms with E-state index < -0.39 is 0 Å². The van der Waals surface area contributed by atoms with Crippen molar-refractivity contribution in [1.29, 1.82) is 0 Å². The number of ether oxygens (including phenoxy) is 1. The van der Waals surface area contributed by atoms with Crippen LogP contribution in [0, 0.1) is 5.92 Å². The van der Waals surface area contributed by atoms with Crippen LogP contribution in [-0.2, 0) is 4.74 Å². The summed E-state index contributed by atoms with van der Waals surface area (Å²) < 4.78 is 5.29. The molecule has 1 heterocycles. The second-order valence-corrected chi connectivity index (χ2v) is 4.28. The van der Waals surface area contributed by atoms with Crippen LogP contribution in [0.4, 0.5) is 0 Å². The molecule has 0 aromatic heterocycles. The van der Waals surface area contributed by atoms with E-state index in [9.17, 15) is 0 Å². The van der Waals surface area contributed by atoms with Gasteiger partial charge in [0.2, 0.25) is 0 Å². The van der Waals surface area contributed by atoms with Gasteiger partial charge >= 0.3 is 0 Å². The summed E-state index contributed by atoms with van der Waals surface area (Å²) >= 11 is 0. The van der Waals surface area contributed by atoms with E-state index in [0.717, 1.165) is 25.9 Å². The molecule has 2 aliphatic rings. The molecule has 70 valence electrons. The zero-order valence-corrected chi connectivity index (χ0v) is 7.62.